The van der Waals surface area contributed by atoms with Crippen LogP contribution in [0.3, 0.4) is 0 Å². The third-order valence-corrected chi connectivity index (χ3v) is 3.53. The molecular formula is C16H24N2O3. The minimum Gasteiger partial charge on any atom is -0.481 e. The Hall–Kier alpha value is -1.88. The Morgan fingerprint density at radius 1 is 1.24 bits per heavy atom. The molecule has 4 N–H and O–H groups in total. The number of nitrogens with two attached hydrogens (primary N) is 1. The smallest absolute Gasteiger partial charge is 0.312 e. The summed E-state index contributed by atoms with van der Waals surface area (Å²) in [6, 6.07) is 8.94. The summed E-state index contributed by atoms with van der Waals surface area (Å²) in [6.07, 6.45) is 2.07. The van der Waals surface area contributed by atoms with Crippen LogP contribution in [0, 0.1) is 5.92 Å². The minimum atomic E-state index is -0.932. The molecule has 2 unspecified atom stereocenters. The van der Waals surface area contributed by atoms with Crippen molar-refractivity contribution in [2.45, 2.75) is 32.1 Å². The first-order chi connectivity index (χ1) is 10.0. The van der Waals surface area contributed by atoms with Gasteiger partial charge in [0.1, 0.15) is 0 Å². The van der Waals surface area contributed by atoms with E-state index in [4.69, 9.17) is 5.73 Å². The highest BCUT2D eigenvalue weighted by molar-refractivity contribution is 5.79. The third kappa shape index (κ3) is 6.40. The van der Waals surface area contributed by atoms with Crippen LogP contribution in [0.1, 0.15) is 37.7 Å². The topological polar surface area (TPSA) is 92.4 Å². The molecule has 0 aliphatic carbocycles. The predicted molar refractivity (Wildman–Crippen MR) is 81.9 cm³/mol. The fraction of sp³-hybridized carbons (Fsp3) is 0.500. The van der Waals surface area contributed by atoms with E-state index in [1.54, 1.807) is 24.3 Å². The van der Waals surface area contributed by atoms with E-state index in [2.05, 4.69) is 12.2 Å². The Bertz CT molecular complexity index is 448. The molecule has 5 heteroatoms. The molecule has 116 valence electrons. The van der Waals surface area contributed by atoms with Crippen LogP contribution in [0.25, 0.3) is 0 Å². The van der Waals surface area contributed by atoms with Crippen LogP contribution in [0.15, 0.2) is 30.3 Å². The molecular weight excluding hydrogens is 268 g/mol. The van der Waals surface area contributed by atoms with Crippen LogP contribution >= 0.6 is 0 Å². The van der Waals surface area contributed by atoms with E-state index in [-0.39, 0.29) is 12.5 Å². The number of carboxylic acid groups (broad SMARTS) is 1. The summed E-state index contributed by atoms with van der Waals surface area (Å²) in [5.41, 5.74) is 6.16. The molecule has 0 aliphatic rings. The Morgan fingerprint density at radius 3 is 2.48 bits per heavy atom. The van der Waals surface area contributed by atoms with Gasteiger partial charge >= 0.3 is 5.97 Å². The molecule has 5 nitrogen and oxygen atoms in total. The number of carbonyl (C=O) groups excluding carboxylic acids is 1. The first-order valence-electron chi connectivity index (χ1n) is 7.29. The van der Waals surface area contributed by atoms with Crippen LogP contribution < -0.4 is 11.1 Å². The van der Waals surface area contributed by atoms with Crippen molar-refractivity contribution in [2.75, 3.05) is 13.1 Å². The number of aliphatic carboxylic acids is 1. The number of nitrogens with one attached hydrogen (secondary N) is 1. The maximum Gasteiger partial charge on any atom is 0.312 e. The molecule has 0 saturated carbocycles. The van der Waals surface area contributed by atoms with E-state index < -0.39 is 11.9 Å². The van der Waals surface area contributed by atoms with Gasteiger partial charge in [-0.25, -0.2) is 0 Å². The van der Waals surface area contributed by atoms with Gasteiger partial charge in [-0.05, 0) is 30.9 Å². The van der Waals surface area contributed by atoms with Crippen molar-refractivity contribution in [2.24, 2.45) is 11.7 Å². The molecule has 1 aromatic rings. The van der Waals surface area contributed by atoms with Gasteiger partial charge in [-0.3, -0.25) is 9.59 Å². The van der Waals surface area contributed by atoms with E-state index in [1.165, 1.54) is 0 Å². The number of rotatable bonds is 9. The Kier molecular flexibility index (Phi) is 7.46. The highest BCUT2D eigenvalue weighted by Crippen LogP contribution is 2.15. The van der Waals surface area contributed by atoms with Crippen molar-refractivity contribution in [1.82, 2.24) is 5.32 Å². The molecule has 0 aliphatic heterocycles. The predicted octanol–water partition coefficient (Wildman–Crippen LogP) is 1.74. The Morgan fingerprint density at radius 2 is 1.90 bits per heavy atom. The number of carboxylic acids is 1. The molecule has 2 atom stereocenters. The maximum absolute atomic E-state index is 11.8. The summed E-state index contributed by atoms with van der Waals surface area (Å²) in [5, 5.41) is 12.0. The Labute approximate surface area is 125 Å². The lowest BCUT2D eigenvalue weighted by atomic mass is 9.99. The van der Waals surface area contributed by atoms with Crippen molar-refractivity contribution in [3.05, 3.63) is 35.9 Å². The van der Waals surface area contributed by atoms with Crippen molar-refractivity contribution in [3.8, 4) is 0 Å². The van der Waals surface area contributed by atoms with E-state index in [0.29, 0.717) is 24.4 Å². The summed E-state index contributed by atoms with van der Waals surface area (Å²) in [4.78, 5) is 23.1. The molecule has 0 heterocycles. The molecule has 0 fully saturated rings. The molecule has 0 radical (unpaired) electrons. The summed E-state index contributed by atoms with van der Waals surface area (Å²) in [7, 11) is 0. The van der Waals surface area contributed by atoms with Crippen LogP contribution in [0.4, 0.5) is 0 Å². The quantitative estimate of drug-likeness (QED) is 0.646. The molecule has 0 spiro atoms. The Balaban J connectivity index is 2.44. The molecule has 1 amide bonds. The van der Waals surface area contributed by atoms with Gasteiger partial charge in [0.25, 0.3) is 0 Å². The molecule has 0 saturated heterocycles. The van der Waals surface area contributed by atoms with Gasteiger partial charge in [-0.1, -0.05) is 37.3 Å². The molecule has 0 bridgehead atoms. The van der Waals surface area contributed by atoms with E-state index in [9.17, 15) is 14.7 Å². The van der Waals surface area contributed by atoms with Gasteiger partial charge < -0.3 is 16.2 Å². The number of amides is 1. The van der Waals surface area contributed by atoms with Crippen LogP contribution in [0.5, 0.6) is 0 Å². The zero-order valence-corrected chi connectivity index (χ0v) is 12.4. The normalized spacial score (nSPS) is 13.4. The molecule has 0 aromatic heterocycles. The first kappa shape index (κ1) is 17.2. The second-order valence-corrected chi connectivity index (χ2v) is 5.33. The van der Waals surface area contributed by atoms with Gasteiger partial charge in [0.2, 0.25) is 5.91 Å². The summed E-state index contributed by atoms with van der Waals surface area (Å²) < 4.78 is 0. The lowest BCUT2D eigenvalue weighted by Crippen LogP contribution is -2.31. The first-order valence-corrected chi connectivity index (χ1v) is 7.29. The second-order valence-electron chi connectivity index (χ2n) is 5.33. The van der Waals surface area contributed by atoms with Gasteiger partial charge in [-0.2, -0.15) is 0 Å². The number of hydrogen-bond donors (Lipinski definition) is 3. The third-order valence-electron chi connectivity index (χ3n) is 3.53. The highest BCUT2D eigenvalue weighted by Gasteiger charge is 2.20. The monoisotopic (exact) mass is 292 g/mol. The van der Waals surface area contributed by atoms with Crippen LogP contribution in [-0.2, 0) is 9.59 Å². The SMILES string of the molecule is CC(CCN)CCC(=O)NCC(C(=O)O)c1ccccc1. The van der Waals surface area contributed by atoms with Crippen molar-refractivity contribution >= 4 is 11.9 Å². The van der Waals surface area contributed by atoms with E-state index in [0.717, 1.165) is 12.8 Å². The summed E-state index contributed by atoms with van der Waals surface area (Å²) in [6.45, 7) is 2.80. The zero-order valence-electron chi connectivity index (χ0n) is 12.4. The molecule has 21 heavy (non-hydrogen) atoms. The number of benzene rings is 1. The highest BCUT2D eigenvalue weighted by atomic mass is 16.4. The number of carbonyl (C=O) groups is 2. The standard InChI is InChI=1S/C16H24N2O3/c1-12(9-10-17)7-8-15(19)18-11-14(16(20)21)13-5-3-2-4-6-13/h2-6,12,14H,7-11,17H2,1H3,(H,18,19)(H,20,21). The average Bonchev–Trinajstić information content (AvgIpc) is 2.46. The zero-order chi connectivity index (χ0) is 15.7. The van der Waals surface area contributed by atoms with Crippen LogP contribution in [0.2, 0.25) is 0 Å². The van der Waals surface area contributed by atoms with Crippen LogP contribution in [-0.4, -0.2) is 30.1 Å². The lowest BCUT2D eigenvalue weighted by Gasteiger charge is -2.14. The van der Waals surface area contributed by atoms with Crippen molar-refractivity contribution in [3.63, 3.8) is 0 Å². The van der Waals surface area contributed by atoms with E-state index in [1.807, 2.05) is 6.07 Å². The second kappa shape index (κ2) is 9.13. The lowest BCUT2D eigenvalue weighted by molar-refractivity contribution is -0.138. The van der Waals surface area contributed by atoms with Crippen molar-refractivity contribution < 1.29 is 14.7 Å². The summed E-state index contributed by atoms with van der Waals surface area (Å²) in [5.74, 6) is -1.35. The van der Waals surface area contributed by atoms with Gasteiger partial charge in [0, 0.05) is 13.0 Å². The average molecular weight is 292 g/mol. The maximum atomic E-state index is 11.8. The van der Waals surface area contributed by atoms with Gasteiger partial charge in [-0.15, -0.1) is 0 Å². The fourth-order valence-corrected chi connectivity index (χ4v) is 2.14. The van der Waals surface area contributed by atoms with Gasteiger partial charge in [0.15, 0.2) is 0 Å². The van der Waals surface area contributed by atoms with Gasteiger partial charge in [0.05, 0.1) is 5.92 Å². The number of hydrogen-bond acceptors (Lipinski definition) is 3. The molecule has 1 aromatic carbocycles. The van der Waals surface area contributed by atoms with E-state index >= 15 is 0 Å². The van der Waals surface area contributed by atoms with Crippen molar-refractivity contribution in [1.29, 1.82) is 0 Å². The fourth-order valence-electron chi connectivity index (χ4n) is 2.14. The largest absolute Gasteiger partial charge is 0.481 e. The molecule has 1 rings (SSSR count). The summed E-state index contributed by atoms with van der Waals surface area (Å²) >= 11 is 0. The minimum absolute atomic E-state index is 0.110.